The molecule has 0 radical (unpaired) electrons. The van der Waals surface area contributed by atoms with Gasteiger partial charge < -0.3 is 0 Å². The molecule has 0 atom stereocenters. The fourth-order valence-electron chi connectivity index (χ4n) is 5.52. The van der Waals surface area contributed by atoms with E-state index in [2.05, 4.69) is 98.2 Å². The Morgan fingerprint density at radius 2 is 0.926 bits per heavy atom. The van der Waals surface area contributed by atoms with Crippen molar-refractivity contribution < 1.29 is 0 Å². The van der Waals surface area contributed by atoms with Crippen LogP contribution in [0.1, 0.15) is 45.2 Å². The highest BCUT2D eigenvalue weighted by Gasteiger charge is 2.54. The van der Waals surface area contributed by atoms with Crippen molar-refractivity contribution in [3.63, 3.8) is 0 Å². The fourth-order valence-corrected chi connectivity index (χ4v) is 5.52. The van der Waals surface area contributed by atoms with Crippen LogP contribution in [0, 0.1) is 0 Å². The first-order chi connectivity index (χ1) is 12.9. The zero-order valence-electron chi connectivity index (χ0n) is 17.4. The highest BCUT2D eigenvalue weighted by Crippen LogP contribution is 2.49. The van der Waals surface area contributed by atoms with Crippen LogP contribution in [0.3, 0.4) is 0 Å². The maximum Gasteiger partial charge on any atom is 0.0217 e. The Labute approximate surface area is 165 Å². The number of likely N-dealkylation sites (tertiary alicyclic amines) is 2. The van der Waals surface area contributed by atoms with Crippen LogP contribution in [-0.4, -0.2) is 48.1 Å². The number of benzene rings is 2. The molecule has 2 fully saturated rings. The van der Waals surface area contributed by atoms with Crippen LogP contribution in [0.5, 0.6) is 0 Å². The number of rotatable bonds is 4. The zero-order valence-corrected chi connectivity index (χ0v) is 17.4. The molecule has 2 saturated heterocycles. The molecule has 0 spiro atoms. The molecule has 2 heteroatoms. The van der Waals surface area contributed by atoms with E-state index in [4.69, 9.17) is 0 Å². The number of hydrogen-bond acceptors (Lipinski definition) is 2. The van der Waals surface area contributed by atoms with Gasteiger partial charge in [-0.3, -0.25) is 9.80 Å². The van der Waals surface area contributed by atoms with E-state index >= 15 is 0 Å². The molecule has 27 heavy (non-hydrogen) atoms. The lowest BCUT2D eigenvalue weighted by atomic mass is 9.58. The predicted molar refractivity (Wildman–Crippen MR) is 114 cm³/mol. The standard InChI is InChI=1S/C25H34N2/c1-20(2)26-16-24(22-11-7-5-8-12-22)15-25(17-26,19-27(18-24)21(3)4)23-13-9-6-10-14-23/h5-14,20-21H,15-19H2,1-4H3. The lowest BCUT2D eigenvalue weighted by Crippen LogP contribution is -2.69. The molecule has 2 nitrogen and oxygen atoms in total. The molecule has 0 aliphatic carbocycles. The summed E-state index contributed by atoms with van der Waals surface area (Å²) in [7, 11) is 0. The molecule has 0 saturated carbocycles. The largest absolute Gasteiger partial charge is 0.299 e. The van der Waals surface area contributed by atoms with Crippen LogP contribution in [0.15, 0.2) is 60.7 Å². The van der Waals surface area contributed by atoms with Gasteiger partial charge in [0.25, 0.3) is 0 Å². The lowest BCUT2D eigenvalue weighted by molar-refractivity contribution is -0.0347. The molecular formula is C25H34N2. The van der Waals surface area contributed by atoms with Crippen LogP contribution in [0.2, 0.25) is 0 Å². The third-order valence-corrected chi connectivity index (χ3v) is 6.93. The van der Waals surface area contributed by atoms with Crippen LogP contribution in [0.4, 0.5) is 0 Å². The summed E-state index contributed by atoms with van der Waals surface area (Å²) in [5.41, 5.74) is 3.42. The topological polar surface area (TPSA) is 6.48 Å². The van der Waals surface area contributed by atoms with Gasteiger partial charge in [-0.15, -0.1) is 0 Å². The minimum absolute atomic E-state index is 0.197. The third kappa shape index (κ3) is 3.34. The number of nitrogens with zero attached hydrogens (tertiary/aromatic N) is 2. The fraction of sp³-hybridized carbons (Fsp3) is 0.520. The SMILES string of the molecule is CC(C)N1CC2(c3ccccc3)CN(C(C)C)CC(c3ccccc3)(C1)C2. The van der Waals surface area contributed by atoms with E-state index in [0.29, 0.717) is 12.1 Å². The van der Waals surface area contributed by atoms with Crippen molar-refractivity contribution in [2.24, 2.45) is 0 Å². The Bertz CT molecular complexity index is 673. The second-order valence-corrected chi connectivity index (χ2v) is 9.47. The van der Waals surface area contributed by atoms with Crippen molar-refractivity contribution in [2.45, 2.75) is 57.0 Å². The van der Waals surface area contributed by atoms with E-state index in [-0.39, 0.29) is 10.8 Å². The van der Waals surface area contributed by atoms with Gasteiger partial charge in [-0.1, -0.05) is 60.7 Å². The van der Waals surface area contributed by atoms with Gasteiger partial charge in [-0.05, 0) is 45.2 Å². The second-order valence-electron chi connectivity index (χ2n) is 9.47. The molecule has 2 aromatic rings. The smallest absolute Gasteiger partial charge is 0.0217 e. The minimum atomic E-state index is 0.197. The average Bonchev–Trinajstić information content (AvgIpc) is 2.68. The summed E-state index contributed by atoms with van der Waals surface area (Å²) < 4.78 is 0. The average molecular weight is 363 g/mol. The van der Waals surface area contributed by atoms with E-state index in [1.54, 1.807) is 0 Å². The van der Waals surface area contributed by atoms with E-state index in [1.165, 1.54) is 17.5 Å². The van der Waals surface area contributed by atoms with E-state index in [0.717, 1.165) is 26.2 Å². The summed E-state index contributed by atoms with van der Waals surface area (Å²) in [6.45, 7) is 14.1. The molecule has 2 heterocycles. The molecule has 2 aliphatic rings. The number of hydrogen-bond donors (Lipinski definition) is 0. The Hall–Kier alpha value is -1.64. The summed E-state index contributed by atoms with van der Waals surface area (Å²) in [5.74, 6) is 0. The molecule has 2 aliphatic heterocycles. The van der Waals surface area contributed by atoms with Crippen molar-refractivity contribution in [1.29, 1.82) is 0 Å². The molecule has 144 valence electrons. The molecular weight excluding hydrogens is 328 g/mol. The molecule has 2 aromatic carbocycles. The van der Waals surface area contributed by atoms with E-state index < -0.39 is 0 Å². The van der Waals surface area contributed by atoms with Crippen LogP contribution < -0.4 is 0 Å². The first-order valence-corrected chi connectivity index (χ1v) is 10.5. The summed E-state index contributed by atoms with van der Waals surface area (Å²) in [6.07, 6.45) is 1.25. The molecule has 2 bridgehead atoms. The van der Waals surface area contributed by atoms with Gasteiger partial charge in [0.1, 0.15) is 0 Å². The van der Waals surface area contributed by atoms with E-state index in [1.807, 2.05) is 0 Å². The maximum atomic E-state index is 2.74. The van der Waals surface area contributed by atoms with Gasteiger partial charge in [-0.2, -0.15) is 0 Å². The third-order valence-electron chi connectivity index (χ3n) is 6.93. The van der Waals surface area contributed by atoms with Gasteiger partial charge in [0.15, 0.2) is 0 Å². The van der Waals surface area contributed by atoms with Crippen LogP contribution >= 0.6 is 0 Å². The van der Waals surface area contributed by atoms with E-state index in [9.17, 15) is 0 Å². The van der Waals surface area contributed by atoms with Crippen molar-refractivity contribution in [1.82, 2.24) is 9.80 Å². The number of fused-ring (bicyclic) bond motifs is 2. The Morgan fingerprint density at radius 1 is 0.593 bits per heavy atom. The van der Waals surface area contributed by atoms with Crippen LogP contribution in [0.25, 0.3) is 0 Å². The highest BCUT2D eigenvalue weighted by atomic mass is 15.3. The number of piperidine rings is 2. The first kappa shape index (κ1) is 18.7. The molecule has 0 unspecified atom stereocenters. The molecule has 0 aromatic heterocycles. The molecule has 0 amide bonds. The maximum absolute atomic E-state index is 2.74. The summed E-state index contributed by atoms with van der Waals surface area (Å²) in [4.78, 5) is 5.47. The normalized spacial score (nSPS) is 29.4. The Kier molecular flexibility index (Phi) is 4.90. The quantitative estimate of drug-likeness (QED) is 0.778. The highest BCUT2D eigenvalue weighted by molar-refractivity contribution is 5.37. The summed E-state index contributed by atoms with van der Waals surface area (Å²) >= 11 is 0. The zero-order chi connectivity index (χ0) is 19.1. The Morgan fingerprint density at radius 3 is 1.22 bits per heavy atom. The predicted octanol–water partition coefficient (Wildman–Crippen LogP) is 4.70. The van der Waals surface area contributed by atoms with Gasteiger partial charge in [0.05, 0.1) is 0 Å². The molecule has 0 N–H and O–H groups in total. The first-order valence-electron chi connectivity index (χ1n) is 10.5. The van der Waals surface area contributed by atoms with Crippen molar-refractivity contribution in [3.8, 4) is 0 Å². The summed E-state index contributed by atoms with van der Waals surface area (Å²) in [6, 6.07) is 23.8. The monoisotopic (exact) mass is 362 g/mol. The van der Waals surface area contributed by atoms with Crippen molar-refractivity contribution in [3.05, 3.63) is 71.8 Å². The van der Waals surface area contributed by atoms with Gasteiger partial charge in [0, 0.05) is 49.1 Å². The minimum Gasteiger partial charge on any atom is -0.299 e. The van der Waals surface area contributed by atoms with Crippen LogP contribution in [-0.2, 0) is 10.8 Å². The lowest BCUT2D eigenvalue weighted by Gasteiger charge is -2.61. The van der Waals surface area contributed by atoms with Gasteiger partial charge >= 0.3 is 0 Å². The van der Waals surface area contributed by atoms with Crippen molar-refractivity contribution >= 4 is 0 Å². The van der Waals surface area contributed by atoms with Gasteiger partial charge in [-0.25, -0.2) is 0 Å². The van der Waals surface area contributed by atoms with Crippen molar-refractivity contribution in [2.75, 3.05) is 26.2 Å². The second kappa shape index (κ2) is 7.07. The van der Waals surface area contributed by atoms with Gasteiger partial charge in [0.2, 0.25) is 0 Å². The Balaban J connectivity index is 1.87. The summed E-state index contributed by atoms with van der Waals surface area (Å²) in [5, 5.41) is 0. The molecule has 4 rings (SSSR count).